The molecule has 0 rings (SSSR count). The zero-order valence-corrected chi connectivity index (χ0v) is 12.8. The summed E-state index contributed by atoms with van der Waals surface area (Å²) in [6, 6.07) is 0. The molecule has 0 spiro atoms. The molecule has 0 nitrogen and oxygen atoms in total. The maximum absolute atomic E-state index is 2.42. The molecule has 0 saturated carbocycles. The van der Waals surface area contributed by atoms with E-state index in [0.29, 0.717) is 5.41 Å². The van der Waals surface area contributed by atoms with E-state index in [1.54, 1.807) is 0 Å². The van der Waals surface area contributed by atoms with Gasteiger partial charge in [0.1, 0.15) is 0 Å². The van der Waals surface area contributed by atoms with Crippen molar-refractivity contribution in [1.82, 2.24) is 0 Å². The molecule has 0 aromatic rings. The lowest BCUT2D eigenvalue weighted by Crippen LogP contribution is -2.38. The summed E-state index contributed by atoms with van der Waals surface area (Å²) in [5.74, 6) is 2.40. The molecule has 0 bridgehead atoms. The van der Waals surface area contributed by atoms with Crippen LogP contribution in [0.5, 0.6) is 0 Å². The first-order valence-corrected chi connectivity index (χ1v) is 7.39. The highest BCUT2D eigenvalue weighted by molar-refractivity contribution is 4.88. The van der Waals surface area contributed by atoms with Gasteiger partial charge in [-0.3, -0.25) is 0 Å². The van der Waals surface area contributed by atoms with Crippen LogP contribution in [-0.4, -0.2) is 0 Å². The Morgan fingerprint density at radius 1 is 0.688 bits per heavy atom. The third-order valence-electron chi connectivity index (χ3n) is 4.69. The maximum atomic E-state index is 2.42. The van der Waals surface area contributed by atoms with Gasteiger partial charge in [0.15, 0.2) is 0 Å². The minimum atomic E-state index is 0.549. The average Bonchev–Trinajstić information content (AvgIpc) is 2.16. The highest BCUT2D eigenvalue weighted by atomic mass is 14.4. The van der Waals surface area contributed by atoms with Crippen molar-refractivity contribution in [1.29, 1.82) is 0 Å². The summed E-state index contributed by atoms with van der Waals surface area (Å²) >= 11 is 0. The van der Waals surface area contributed by atoms with Crippen LogP contribution in [0.15, 0.2) is 0 Å². The molecule has 0 heterocycles. The minimum Gasteiger partial charge on any atom is -0.0654 e. The molecular weight excluding hydrogens is 192 g/mol. The van der Waals surface area contributed by atoms with E-state index in [2.05, 4.69) is 48.5 Å². The second kappa shape index (κ2) is 7.35. The SMILES string of the molecule is CCCCCCC(C(C)C)(C(C)C)C(C)C. The molecule has 0 heteroatoms. The highest BCUT2D eigenvalue weighted by Crippen LogP contribution is 2.47. The van der Waals surface area contributed by atoms with Crippen LogP contribution >= 0.6 is 0 Å². The van der Waals surface area contributed by atoms with Crippen molar-refractivity contribution in [3.63, 3.8) is 0 Å². The third-order valence-corrected chi connectivity index (χ3v) is 4.69. The standard InChI is InChI=1S/C16H34/c1-8-9-10-11-12-16(13(2)3,14(4)5)15(6)7/h13-15H,8-12H2,1-7H3. The first-order valence-electron chi connectivity index (χ1n) is 7.39. The largest absolute Gasteiger partial charge is 0.0654 e. The Morgan fingerprint density at radius 3 is 1.44 bits per heavy atom. The van der Waals surface area contributed by atoms with E-state index < -0.39 is 0 Å². The van der Waals surface area contributed by atoms with Crippen LogP contribution < -0.4 is 0 Å². The van der Waals surface area contributed by atoms with Crippen LogP contribution in [-0.2, 0) is 0 Å². The lowest BCUT2D eigenvalue weighted by Gasteiger charge is -2.45. The second-order valence-corrected chi connectivity index (χ2v) is 6.39. The molecule has 0 N–H and O–H groups in total. The van der Waals surface area contributed by atoms with Gasteiger partial charge in [-0.15, -0.1) is 0 Å². The van der Waals surface area contributed by atoms with E-state index in [1.165, 1.54) is 32.1 Å². The molecule has 98 valence electrons. The predicted molar refractivity (Wildman–Crippen MR) is 75.7 cm³/mol. The molecule has 0 atom stereocenters. The zero-order chi connectivity index (χ0) is 12.8. The van der Waals surface area contributed by atoms with Gasteiger partial charge >= 0.3 is 0 Å². The fraction of sp³-hybridized carbons (Fsp3) is 1.00. The van der Waals surface area contributed by atoms with Gasteiger partial charge in [0, 0.05) is 0 Å². The number of hydrogen-bond donors (Lipinski definition) is 0. The van der Waals surface area contributed by atoms with Gasteiger partial charge < -0.3 is 0 Å². The molecule has 0 aliphatic heterocycles. The van der Waals surface area contributed by atoms with Gasteiger partial charge in [-0.25, -0.2) is 0 Å². The van der Waals surface area contributed by atoms with Gasteiger partial charge in [0.25, 0.3) is 0 Å². The summed E-state index contributed by atoms with van der Waals surface area (Å²) in [5.41, 5.74) is 0.549. The Kier molecular flexibility index (Phi) is 7.35. The minimum absolute atomic E-state index is 0.549. The van der Waals surface area contributed by atoms with Crippen molar-refractivity contribution < 1.29 is 0 Å². The molecule has 0 aliphatic carbocycles. The molecule has 0 radical (unpaired) electrons. The lowest BCUT2D eigenvalue weighted by molar-refractivity contribution is 0.0356. The molecule has 0 aliphatic rings. The van der Waals surface area contributed by atoms with Crippen LogP contribution in [0.2, 0.25) is 0 Å². The monoisotopic (exact) mass is 226 g/mol. The summed E-state index contributed by atoms with van der Waals surface area (Å²) in [7, 11) is 0. The van der Waals surface area contributed by atoms with Crippen LogP contribution in [0.4, 0.5) is 0 Å². The van der Waals surface area contributed by atoms with Gasteiger partial charge in [-0.1, -0.05) is 74.1 Å². The zero-order valence-electron chi connectivity index (χ0n) is 12.8. The first-order chi connectivity index (χ1) is 7.39. The van der Waals surface area contributed by atoms with Crippen LogP contribution in [0.3, 0.4) is 0 Å². The average molecular weight is 226 g/mol. The molecule has 0 saturated heterocycles. The fourth-order valence-corrected chi connectivity index (χ4v) is 3.72. The van der Waals surface area contributed by atoms with Crippen molar-refractivity contribution in [2.24, 2.45) is 23.2 Å². The summed E-state index contributed by atoms with van der Waals surface area (Å²) in [6.07, 6.45) is 7.01. The Hall–Kier alpha value is 0. The quantitative estimate of drug-likeness (QED) is 0.451. The smallest absolute Gasteiger partial charge is 0.0228 e. The van der Waals surface area contributed by atoms with E-state index in [-0.39, 0.29) is 0 Å². The second-order valence-electron chi connectivity index (χ2n) is 6.39. The predicted octanol–water partition coefficient (Wildman–Crippen LogP) is 5.91. The van der Waals surface area contributed by atoms with Crippen LogP contribution in [0.1, 0.15) is 80.6 Å². The topological polar surface area (TPSA) is 0 Å². The number of unbranched alkanes of at least 4 members (excludes halogenated alkanes) is 3. The fourth-order valence-electron chi connectivity index (χ4n) is 3.72. The van der Waals surface area contributed by atoms with E-state index in [4.69, 9.17) is 0 Å². The summed E-state index contributed by atoms with van der Waals surface area (Å²) < 4.78 is 0. The Balaban J connectivity index is 4.52. The van der Waals surface area contributed by atoms with Gasteiger partial charge in [-0.05, 0) is 29.6 Å². The third kappa shape index (κ3) is 3.79. The molecule has 16 heavy (non-hydrogen) atoms. The van der Waals surface area contributed by atoms with Crippen molar-refractivity contribution in [2.45, 2.75) is 80.6 Å². The molecular formula is C16H34. The Morgan fingerprint density at radius 2 is 1.12 bits per heavy atom. The van der Waals surface area contributed by atoms with E-state index in [9.17, 15) is 0 Å². The maximum Gasteiger partial charge on any atom is -0.0228 e. The molecule has 0 amide bonds. The lowest BCUT2D eigenvalue weighted by atomic mass is 9.60. The summed E-state index contributed by atoms with van der Waals surface area (Å²) in [4.78, 5) is 0. The highest BCUT2D eigenvalue weighted by Gasteiger charge is 2.39. The van der Waals surface area contributed by atoms with Crippen LogP contribution in [0.25, 0.3) is 0 Å². The summed E-state index contributed by atoms with van der Waals surface area (Å²) in [6.45, 7) is 16.8. The summed E-state index contributed by atoms with van der Waals surface area (Å²) in [5, 5.41) is 0. The molecule has 0 aromatic heterocycles. The van der Waals surface area contributed by atoms with Crippen molar-refractivity contribution in [2.75, 3.05) is 0 Å². The van der Waals surface area contributed by atoms with Crippen LogP contribution in [0, 0.1) is 23.2 Å². The molecule has 0 fully saturated rings. The number of hydrogen-bond acceptors (Lipinski definition) is 0. The normalized spacial score (nSPS) is 13.1. The van der Waals surface area contributed by atoms with E-state index >= 15 is 0 Å². The first kappa shape index (κ1) is 16.0. The molecule has 0 unspecified atom stereocenters. The van der Waals surface area contributed by atoms with Gasteiger partial charge in [-0.2, -0.15) is 0 Å². The van der Waals surface area contributed by atoms with Crippen molar-refractivity contribution in [3.8, 4) is 0 Å². The van der Waals surface area contributed by atoms with E-state index in [0.717, 1.165) is 17.8 Å². The molecule has 0 aromatic carbocycles. The van der Waals surface area contributed by atoms with Gasteiger partial charge in [0.05, 0.1) is 0 Å². The van der Waals surface area contributed by atoms with Gasteiger partial charge in [0.2, 0.25) is 0 Å². The Bertz CT molecular complexity index is 143. The number of rotatable bonds is 8. The van der Waals surface area contributed by atoms with Crippen molar-refractivity contribution >= 4 is 0 Å². The van der Waals surface area contributed by atoms with Crippen molar-refractivity contribution in [3.05, 3.63) is 0 Å². The Labute approximate surface area is 104 Å². The van der Waals surface area contributed by atoms with E-state index in [1.807, 2.05) is 0 Å².